The molecule has 0 heterocycles. The molecule has 132 valence electrons. The van der Waals surface area contributed by atoms with E-state index in [4.69, 9.17) is 0 Å². The fourth-order valence-electron chi connectivity index (χ4n) is 7.33. The van der Waals surface area contributed by atoms with Crippen molar-refractivity contribution in [2.24, 2.45) is 34.5 Å². The zero-order chi connectivity index (χ0) is 17.1. The largest absolute Gasteiger partial charge is 0.395 e. The van der Waals surface area contributed by atoms with Crippen LogP contribution in [0.1, 0.15) is 65.2 Å². The van der Waals surface area contributed by atoms with Crippen molar-refractivity contribution in [2.75, 3.05) is 6.61 Å². The molecule has 0 radical (unpaired) electrons. The highest BCUT2D eigenvalue weighted by molar-refractivity contribution is 5.91. The fraction of sp³-hybridized carbons (Fsp3) is 0.810. The third kappa shape index (κ3) is 2.06. The van der Waals surface area contributed by atoms with Crippen LogP contribution in [0.2, 0.25) is 0 Å². The Bertz CT molecular complexity index is 606. The van der Waals surface area contributed by atoms with Gasteiger partial charge in [-0.2, -0.15) is 0 Å². The van der Waals surface area contributed by atoms with Crippen molar-refractivity contribution in [3.05, 3.63) is 11.6 Å². The number of aliphatic hydroxyl groups excluding tert-OH is 1. The highest BCUT2D eigenvalue weighted by Gasteiger charge is 2.60. The van der Waals surface area contributed by atoms with E-state index < -0.39 is 0 Å². The zero-order valence-corrected chi connectivity index (χ0v) is 15.0. The van der Waals surface area contributed by atoms with Crippen LogP contribution < -0.4 is 0 Å². The Kier molecular flexibility index (Phi) is 3.80. The molecular formula is C21H30O3. The van der Waals surface area contributed by atoms with Gasteiger partial charge in [-0.25, -0.2) is 0 Å². The van der Waals surface area contributed by atoms with Gasteiger partial charge in [0.05, 0.1) is 6.61 Å². The van der Waals surface area contributed by atoms with Crippen molar-refractivity contribution < 1.29 is 14.7 Å². The van der Waals surface area contributed by atoms with Crippen LogP contribution >= 0.6 is 0 Å². The lowest BCUT2D eigenvalue weighted by Crippen LogP contribution is -2.53. The van der Waals surface area contributed by atoms with Crippen LogP contribution in [0, 0.1) is 34.5 Å². The van der Waals surface area contributed by atoms with Crippen molar-refractivity contribution in [1.82, 2.24) is 0 Å². The molecule has 0 amide bonds. The average molecular weight is 330 g/mol. The second-order valence-electron chi connectivity index (χ2n) is 9.15. The summed E-state index contributed by atoms with van der Waals surface area (Å²) in [6, 6.07) is 0. The van der Waals surface area contributed by atoms with E-state index in [2.05, 4.69) is 6.92 Å². The topological polar surface area (TPSA) is 54.4 Å². The maximum Gasteiger partial charge on any atom is 0.155 e. The number of carbonyl (C=O) groups is 2. The van der Waals surface area contributed by atoms with Crippen molar-refractivity contribution in [1.29, 1.82) is 0 Å². The number of rotatable bonds is 2. The smallest absolute Gasteiger partial charge is 0.155 e. The Morgan fingerprint density at radius 2 is 1.96 bits per heavy atom. The summed E-state index contributed by atoms with van der Waals surface area (Å²) in [5.74, 6) is 2.58. The van der Waals surface area contributed by atoms with Gasteiger partial charge in [-0.3, -0.25) is 9.59 Å². The van der Waals surface area contributed by atoms with Crippen molar-refractivity contribution >= 4 is 11.6 Å². The molecule has 0 aromatic rings. The maximum absolute atomic E-state index is 12.2. The predicted molar refractivity (Wildman–Crippen MR) is 92.3 cm³/mol. The summed E-state index contributed by atoms with van der Waals surface area (Å²) >= 11 is 0. The van der Waals surface area contributed by atoms with Crippen LogP contribution in [0.5, 0.6) is 0 Å². The fourth-order valence-corrected chi connectivity index (χ4v) is 7.33. The van der Waals surface area contributed by atoms with Crippen molar-refractivity contribution in [3.8, 4) is 0 Å². The van der Waals surface area contributed by atoms with Crippen LogP contribution in [0.25, 0.3) is 0 Å². The van der Waals surface area contributed by atoms with Crippen LogP contribution in [0.4, 0.5) is 0 Å². The van der Waals surface area contributed by atoms with E-state index in [9.17, 15) is 14.7 Å². The van der Waals surface area contributed by atoms with E-state index >= 15 is 0 Å². The number of fused-ring (bicyclic) bond motifs is 5. The Morgan fingerprint density at radius 3 is 2.67 bits per heavy atom. The summed E-state index contributed by atoms with van der Waals surface area (Å²) < 4.78 is 0. The second kappa shape index (κ2) is 5.52. The van der Waals surface area contributed by atoms with Crippen LogP contribution in [-0.4, -0.2) is 23.3 Å². The highest BCUT2D eigenvalue weighted by Crippen LogP contribution is 2.66. The lowest BCUT2D eigenvalue weighted by Gasteiger charge is -2.58. The predicted octanol–water partition coefficient (Wildman–Crippen LogP) is 3.70. The molecule has 3 saturated carbocycles. The Balaban J connectivity index is 1.69. The zero-order valence-electron chi connectivity index (χ0n) is 15.0. The van der Waals surface area contributed by atoms with E-state index in [0.717, 1.165) is 38.5 Å². The minimum Gasteiger partial charge on any atom is -0.395 e. The molecule has 0 bridgehead atoms. The molecule has 1 N–H and O–H groups in total. The molecule has 4 aliphatic carbocycles. The van der Waals surface area contributed by atoms with Gasteiger partial charge in [-0.05, 0) is 81.1 Å². The van der Waals surface area contributed by atoms with Gasteiger partial charge < -0.3 is 5.11 Å². The van der Waals surface area contributed by atoms with Crippen LogP contribution in [-0.2, 0) is 9.59 Å². The van der Waals surface area contributed by atoms with Crippen molar-refractivity contribution in [2.45, 2.75) is 65.2 Å². The first-order valence-electron chi connectivity index (χ1n) is 9.77. The number of hydrogen-bond acceptors (Lipinski definition) is 3. The molecule has 3 nitrogen and oxygen atoms in total. The van der Waals surface area contributed by atoms with Crippen LogP contribution in [0.3, 0.4) is 0 Å². The third-order valence-electron chi connectivity index (χ3n) is 8.46. The van der Waals surface area contributed by atoms with E-state index in [1.54, 1.807) is 6.92 Å². The van der Waals surface area contributed by atoms with E-state index in [1.807, 2.05) is 6.08 Å². The molecule has 0 aromatic carbocycles. The van der Waals surface area contributed by atoms with Crippen LogP contribution in [0.15, 0.2) is 11.6 Å². The quantitative estimate of drug-likeness (QED) is 0.840. The van der Waals surface area contributed by atoms with Gasteiger partial charge >= 0.3 is 0 Å². The summed E-state index contributed by atoms with van der Waals surface area (Å²) in [6.07, 6.45) is 9.80. The van der Waals surface area contributed by atoms with Gasteiger partial charge in [0.1, 0.15) is 5.78 Å². The lowest BCUT2D eigenvalue weighted by atomic mass is 9.46. The van der Waals surface area contributed by atoms with Gasteiger partial charge in [0, 0.05) is 17.8 Å². The van der Waals surface area contributed by atoms with Gasteiger partial charge in [0.15, 0.2) is 5.78 Å². The third-order valence-corrected chi connectivity index (χ3v) is 8.46. The van der Waals surface area contributed by atoms with Gasteiger partial charge in [-0.1, -0.05) is 12.5 Å². The summed E-state index contributed by atoms with van der Waals surface area (Å²) in [6.45, 7) is 4.31. The molecule has 24 heavy (non-hydrogen) atoms. The summed E-state index contributed by atoms with van der Waals surface area (Å²) in [5.41, 5.74) is 1.24. The Hall–Kier alpha value is -0.960. The van der Waals surface area contributed by atoms with E-state index in [0.29, 0.717) is 30.0 Å². The molecule has 4 aliphatic rings. The molecule has 3 fully saturated rings. The van der Waals surface area contributed by atoms with Gasteiger partial charge in [0.25, 0.3) is 0 Å². The van der Waals surface area contributed by atoms with Crippen molar-refractivity contribution in [3.63, 3.8) is 0 Å². The second-order valence-corrected chi connectivity index (χ2v) is 9.15. The Morgan fingerprint density at radius 1 is 1.17 bits per heavy atom. The van der Waals surface area contributed by atoms with E-state index in [-0.39, 0.29) is 29.1 Å². The number of carbonyl (C=O) groups excluding carboxylic acids is 2. The lowest BCUT2D eigenvalue weighted by molar-refractivity contribution is -0.130. The minimum absolute atomic E-state index is 0.146. The number of Topliss-reactive ketones (excluding diaryl/α,β-unsaturated/α-hetero) is 1. The first-order valence-corrected chi connectivity index (χ1v) is 9.77. The standard InChI is InChI=1S/C21H30O3/c1-13(23)17-5-6-18-16-4-3-14-11-15(24)7-10-21(14,12-22)19(16)8-9-20(17,18)2/h11,16-19,22H,3-10,12H2,1-2H3/t16-,17-,18+,19-,20+,21+/m0/s1. The monoisotopic (exact) mass is 330 g/mol. The molecule has 3 heteroatoms. The highest BCUT2D eigenvalue weighted by atomic mass is 16.3. The van der Waals surface area contributed by atoms with Gasteiger partial charge in [-0.15, -0.1) is 0 Å². The number of ketones is 2. The average Bonchev–Trinajstić information content (AvgIpc) is 2.91. The molecule has 0 spiro atoms. The molecule has 0 unspecified atom stereocenters. The first-order chi connectivity index (χ1) is 11.4. The molecular weight excluding hydrogens is 300 g/mol. The maximum atomic E-state index is 12.2. The Labute approximate surface area is 144 Å². The van der Waals surface area contributed by atoms with E-state index in [1.165, 1.54) is 12.0 Å². The summed E-state index contributed by atoms with van der Waals surface area (Å²) in [5, 5.41) is 10.3. The molecule has 0 aromatic heterocycles. The summed E-state index contributed by atoms with van der Waals surface area (Å²) in [7, 11) is 0. The summed E-state index contributed by atoms with van der Waals surface area (Å²) in [4.78, 5) is 24.1. The first kappa shape index (κ1) is 16.5. The molecule has 0 saturated heterocycles. The normalized spacial score (nSPS) is 47.5. The molecule has 0 aliphatic heterocycles. The van der Waals surface area contributed by atoms with Gasteiger partial charge in [0.2, 0.25) is 0 Å². The number of aliphatic hydroxyl groups is 1. The SMILES string of the molecule is CC(=O)[C@@H]1CC[C@@H]2[C@@H]3CCC4=CC(=O)CC[C@]4(CO)[C@H]3CC[C@@]21C. The molecule has 4 rings (SSSR count). The number of hydrogen-bond donors (Lipinski definition) is 1. The molecule has 6 atom stereocenters. The minimum atomic E-state index is -0.146.